The Morgan fingerprint density at radius 1 is 1.06 bits per heavy atom. The van der Waals surface area contributed by atoms with E-state index in [1.807, 2.05) is 44.2 Å². The number of hydrogen-bond donors (Lipinski definition) is 1. The van der Waals surface area contributed by atoms with E-state index in [4.69, 9.17) is 0 Å². The molecule has 1 aromatic carbocycles. The summed E-state index contributed by atoms with van der Waals surface area (Å²) in [7, 11) is 0. The Morgan fingerprint density at radius 3 is 2.00 bits per heavy atom. The maximum absolute atomic E-state index is 12.2. The van der Waals surface area contributed by atoms with Crippen LogP contribution in [0.15, 0.2) is 41.5 Å². The molecule has 0 fully saturated rings. The Bertz CT molecular complexity index is 420. The zero-order chi connectivity index (χ0) is 13.1. The maximum Gasteiger partial charge on any atom is 0.252 e. The number of carbonyl (C=O) groups excluding carboxylic acids is 1. The number of para-hydroxylation sites is 1. The molecule has 92 valence electrons. The average molecular weight is 231 g/mol. The molecule has 17 heavy (non-hydrogen) atoms. The third-order valence-corrected chi connectivity index (χ3v) is 2.51. The summed E-state index contributed by atoms with van der Waals surface area (Å²) in [5, 5.41) is 2.93. The van der Waals surface area contributed by atoms with E-state index in [1.165, 1.54) is 0 Å². The van der Waals surface area contributed by atoms with Crippen molar-refractivity contribution in [2.45, 2.75) is 34.6 Å². The molecule has 0 unspecified atom stereocenters. The van der Waals surface area contributed by atoms with Gasteiger partial charge >= 0.3 is 0 Å². The van der Waals surface area contributed by atoms with Gasteiger partial charge in [-0.15, -0.1) is 0 Å². The van der Waals surface area contributed by atoms with Gasteiger partial charge in [-0.2, -0.15) is 0 Å². The largest absolute Gasteiger partial charge is 0.322 e. The average Bonchev–Trinajstić information content (AvgIpc) is 2.15. The third-order valence-electron chi connectivity index (χ3n) is 2.51. The zero-order valence-corrected chi connectivity index (χ0v) is 11.3. The highest BCUT2D eigenvalue weighted by Crippen LogP contribution is 2.29. The molecule has 0 aromatic heterocycles. The van der Waals surface area contributed by atoms with Crippen LogP contribution in [0.25, 0.3) is 0 Å². The lowest BCUT2D eigenvalue weighted by Gasteiger charge is -2.24. The number of benzene rings is 1. The highest BCUT2D eigenvalue weighted by Gasteiger charge is 2.24. The Hall–Kier alpha value is -1.57. The van der Waals surface area contributed by atoms with Crippen molar-refractivity contribution < 1.29 is 4.79 Å². The molecule has 0 heterocycles. The topological polar surface area (TPSA) is 29.1 Å². The van der Waals surface area contributed by atoms with Gasteiger partial charge in [0.1, 0.15) is 0 Å². The third kappa shape index (κ3) is 3.74. The molecular weight excluding hydrogens is 210 g/mol. The van der Waals surface area contributed by atoms with Gasteiger partial charge in [0.2, 0.25) is 0 Å². The van der Waals surface area contributed by atoms with Gasteiger partial charge in [-0.1, -0.05) is 44.5 Å². The van der Waals surface area contributed by atoms with E-state index < -0.39 is 0 Å². The van der Waals surface area contributed by atoms with E-state index >= 15 is 0 Å². The monoisotopic (exact) mass is 231 g/mol. The molecule has 2 heteroatoms. The summed E-state index contributed by atoms with van der Waals surface area (Å²) < 4.78 is 0. The van der Waals surface area contributed by atoms with Crippen molar-refractivity contribution in [3.8, 4) is 0 Å². The van der Waals surface area contributed by atoms with Crippen LogP contribution in [0.3, 0.4) is 0 Å². The van der Waals surface area contributed by atoms with Gasteiger partial charge in [-0.25, -0.2) is 0 Å². The van der Waals surface area contributed by atoms with Crippen molar-refractivity contribution in [2.75, 3.05) is 5.32 Å². The van der Waals surface area contributed by atoms with Gasteiger partial charge in [0.05, 0.1) is 0 Å². The number of amides is 1. The lowest BCUT2D eigenvalue weighted by Crippen LogP contribution is -2.25. The second-order valence-electron chi connectivity index (χ2n) is 5.45. The first-order valence-corrected chi connectivity index (χ1v) is 5.86. The molecule has 1 N–H and O–H groups in total. The Balaban J connectivity index is 2.94. The summed E-state index contributed by atoms with van der Waals surface area (Å²) in [5.74, 6) is -0.0105. The molecule has 0 saturated carbocycles. The van der Waals surface area contributed by atoms with Crippen molar-refractivity contribution in [2.24, 2.45) is 5.41 Å². The van der Waals surface area contributed by atoms with Crippen LogP contribution in [0.5, 0.6) is 0 Å². The molecule has 1 rings (SSSR count). The summed E-state index contributed by atoms with van der Waals surface area (Å²) in [6.45, 7) is 10.1. The number of allylic oxidation sites excluding steroid dienone is 1. The fraction of sp³-hybridized carbons (Fsp3) is 0.400. The highest BCUT2D eigenvalue weighted by atomic mass is 16.1. The fourth-order valence-electron chi connectivity index (χ4n) is 2.03. The van der Waals surface area contributed by atoms with Crippen LogP contribution in [0.1, 0.15) is 34.6 Å². The maximum atomic E-state index is 12.2. The van der Waals surface area contributed by atoms with Crippen LogP contribution in [0.2, 0.25) is 0 Å². The predicted molar refractivity (Wildman–Crippen MR) is 72.9 cm³/mol. The van der Waals surface area contributed by atoms with Gasteiger partial charge in [0, 0.05) is 11.3 Å². The minimum Gasteiger partial charge on any atom is -0.322 e. The summed E-state index contributed by atoms with van der Waals surface area (Å²) in [6.07, 6.45) is 0. The van der Waals surface area contributed by atoms with Gasteiger partial charge in [-0.05, 0) is 31.4 Å². The molecule has 0 bridgehead atoms. The van der Waals surface area contributed by atoms with Crippen LogP contribution in [0.4, 0.5) is 5.69 Å². The fourth-order valence-corrected chi connectivity index (χ4v) is 2.03. The summed E-state index contributed by atoms with van der Waals surface area (Å²) >= 11 is 0. The lowest BCUT2D eigenvalue weighted by atomic mass is 9.83. The standard InChI is InChI=1S/C15H21NO/c1-11(2)13(15(3,4)5)14(17)16-12-9-7-6-8-10-12/h6-10H,1-5H3,(H,16,17). The number of nitrogens with one attached hydrogen (secondary N) is 1. The minimum absolute atomic E-state index is 0.0105. The zero-order valence-electron chi connectivity index (χ0n) is 11.3. The Kier molecular flexibility index (Phi) is 4.11. The minimum atomic E-state index is -0.141. The number of carbonyl (C=O) groups is 1. The van der Waals surface area contributed by atoms with Crippen LogP contribution in [-0.4, -0.2) is 5.91 Å². The van der Waals surface area contributed by atoms with Crippen molar-refractivity contribution in [1.29, 1.82) is 0 Å². The van der Waals surface area contributed by atoms with E-state index in [0.29, 0.717) is 0 Å². The smallest absolute Gasteiger partial charge is 0.252 e. The molecule has 0 aliphatic heterocycles. The van der Waals surface area contributed by atoms with Crippen LogP contribution < -0.4 is 5.32 Å². The van der Waals surface area contributed by atoms with E-state index in [1.54, 1.807) is 0 Å². The van der Waals surface area contributed by atoms with Crippen molar-refractivity contribution in [3.63, 3.8) is 0 Å². The van der Waals surface area contributed by atoms with Crippen molar-refractivity contribution >= 4 is 11.6 Å². The number of hydrogen-bond acceptors (Lipinski definition) is 1. The molecule has 0 radical (unpaired) electrons. The molecule has 1 aromatic rings. The van der Waals surface area contributed by atoms with Crippen LogP contribution >= 0.6 is 0 Å². The predicted octanol–water partition coefficient (Wildman–Crippen LogP) is 4.01. The SMILES string of the molecule is CC(C)=C(C(=O)Nc1ccccc1)C(C)(C)C. The van der Waals surface area contributed by atoms with E-state index in [9.17, 15) is 4.79 Å². The van der Waals surface area contributed by atoms with E-state index in [0.717, 1.165) is 16.8 Å². The van der Waals surface area contributed by atoms with Gasteiger partial charge in [0.15, 0.2) is 0 Å². The second kappa shape index (κ2) is 5.17. The number of rotatable bonds is 2. The van der Waals surface area contributed by atoms with E-state index in [2.05, 4.69) is 26.1 Å². The Labute approximate surface area is 104 Å². The molecule has 0 atom stereocenters. The van der Waals surface area contributed by atoms with Gasteiger partial charge in [-0.3, -0.25) is 4.79 Å². The highest BCUT2D eigenvalue weighted by molar-refractivity contribution is 6.05. The number of anilines is 1. The molecule has 0 aliphatic rings. The quantitative estimate of drug-likeness (QED) is 0.766. The Morgan fingerprint density at radius 2 is 1.59 bits per heavy atom. The second-order valence-corrected chi connectivity index (χ2v) is 5.45. The summed E-state index contributed by atoms with van der Waals surface area (Å²) in [6, 6.07) is 9.54. The van der Waals surface area contributed by atoms with Crippen LogP contribution in [0, 0.1) is 5.41 Å². The van der Waals surface area contributed by atoms with Crippen LogP contribution in [-0.2, 0) is 4.79 Å². The van der Waals surface area contributed by atoms with Gasteiger partial charge < -0.3 is 5.32 Å². The summed E-state index contributed by atoms with van der Waals surface area (Å²) in [4.78, 5) is 12.2. The normalized spacial score (nSPS) is 10.9. The molecule has 0 spiro atoms. The first-order chi connectivity index (χ1) is 7.82. The molecule has 0 aliphatic carbocycles. The van der Waals surface area contributed by atoms with E-state index in [-0.39, 0.29) is 11.3 Å². The molecule has 2 nitrogen and oxygen atoms in total. The van der Waals surface area contributed by atoms with Gasteiger partial charge in [0.25, 0.3) is 5.91 Å². The molecule has 1 amide bonds. The lowest BCUT2D eigenvalue weighted by molar-refractivity contribution is -0.113. The first kappa shape index (κ1) is 13.5. The first-order valence-electron chi connectivity index (χ1n) is 5.86. The van der Waals surface area contributed by atoms with Crippen molar-refractivity contribution in [1.82, 2.24) is 0 Å². The summed E-state index contributed by atoms with van der Waals surface area (Å²) in [5.41, 5.74) is 2.60. The molecular formula is C15H21NO. The molecule has 0 saturated heterocycles. The van der Waals surface area contributed by atoms with Crippen molar-refractivity contribution in [3.05, 3.63) is 41.5 Å².